The van der Waals surface area contributed by atoms with Gasteiger partial charge in [0.15, 0.2) is 0 Å². The maximum absolute atomic E-state index is 11.6. The molecule has 0 aromatic carbocycles. The highest BCUT2D eigenvalue weighted by atomic mass is 79.9. The van der Waals surface area contributed by atoms with E-state index in [-0.39, 0.29) is 12.1 Å². The van der Waals surface area contributed by atoms with Crippen LogP contribution >= 0.6 is 31.9 Å². The Morgan fingerprint density at radius 3 is 2.24 bits per heavy atom. The average Bonchev–Trinajstić information content (AvgIpc) is 3.09. The van der Waals surface area contributed by atoms with E-state index in [1.165, 1.54) is 51.4 Å². The van der Waals surface area contributed by atoms with E-state index in [4.69, 9.17) is 4.74 Å². The third kappa shape index (κ3) is 4.76. The molecule has 0 bridgehead atoms. The summed E-state index contributed by atoms with van der Waals surface area (Å²) >= 11 is 8.48. The van der Waals surface area contributed by atoms with Crippen molar-refractivity contribution in [2.24, 2.45) is 52.3 Å². The normalized spacial score (nSPS) is 48.0. The lowest BCUT2D eigenvalue weighted by molar-refractivity contribution is -0.158. The number of carbonyl (C=O) groups is 1. The number of halogens is 2. The Bertz CT molecular complexity index is 710. The molecule has 4 saturated carbocycles. The number of hydrogen-bond acceptors (Lipinski definition) is 2. The fourth-order valence-corrected chi connectivity index (χ4v) is 11.8. The van der Waals surface area contributed by atoms with Gasteiger partial charge >= 0.3 is 5.97 Å². The quantitative estimate of drug-likeness (QED) is 0.229. The van der Waals surface area contributed by atoms with Gasteiger partial charge in [0.05, 0.1) is 0 Å². The van der Waals surface area contributed by atoms with E-state index in [9.17, 15) is 4.79 Å². The molecule has 4 aliphatic carbocycles. The van der Waals surface area contributed by atoms with E-state index in [1.54, 1.807) is 6.92 Å². The number of esters is 1. The lowest BCUT2D eigenvalue weighted by atomic mass is 9.44. The van der Waals surface area contributed by atoms with Crippen molar-refractivity contribution < 1.29 is 9.53 Å². The van der Waals surface area contributed by atoms with Crippen molar-refractivity contribution in [2.45, 2.75) is 122 Å². The van der Waals surface area contributed by atoms with E-state index in [1.807, 2.05) is 0 Å². The molecule has 0 aromatic heterocycles. The second kappa shape index (κ2) is 10.1. The number of fused-ring (bicyclic) bond motifs is 5. The molecule has 4 fully saturated rings. The van der Waals surface area contributed by atoms with Gasteiger partial charge in [-0.25, -0.2) is 0 Å². The maximum Gasteiger partial charge on any atom is 0.302 e. The Kier molecular flexibility index (Phi) is 8.08. The van der Waals surface area contributed by atoms with Crippen LogP contribution in [-0.2, 0) is 9.53 Å². The number of alkyl halides is 2. The lowest BCUT2D eigenvalue weighted by Crippen LogP contribution is -2.61. The van der Waals surface area contributed by atoms with Crippen molar-refractivity contribution in [2.75, 3.05) is 0 Å². The van der Waals surface area contributed by atoms with Gasteiger partial charge in [-0.2, -0.15) is 0 Å². The van der Waals surface area contributed by atoms with Gasteiger partial charge in [-0.05, 0) is 97.2 Å². The Labute approximate surface area is 220 Å². The molecule has 0 N–H and O–H groups in total. The van der Waals surface area contributed by atoms with Crippen molar-refractivity contribution in [3.63, 3.8) is 0 Å². The highest BCUT2D eigenvalue weighted by Gasteiger charge is 2.64. The largest absolute Gasteiger partial charge is 0.463 e. The van der Waals surface area contributed by atoms with Crippen LogP contribution in [0.4, 0.5) is 0 Å². The summed E-state index contributed by atoms with van der Waals surface area (Å²) in [5.41, 5.74) is 0.872. The molecule has 0 radical (unpaired) electrons. The Hall–Kier alpha value is 0.430. The van der Waals surface area contributed by atoms with E-state index in [0.717, 1.165) is 48.3 Å². The molecule has 190 valence electrons. The summed E-state index contributed by atoms with van der Waals surface area (Å²) in [7, 11) is 0. The highest BCUT2D eigenvalue weighted by Crippen LogP contribution is 2.70. The highest BCUT2D eigenvalue weighted by molar-refractivity contribution is 9.12. The number of ether oxygens (including phenoxy) is 1. The van der Waals surface area contributed by atoms with Crippen LogP contribution < -0.4 is 0 Å². The van der Waals surface area contributed by atoms with Crippen LogP contribution in [-0.4, -0.2) is 21.7 Å². The molecule has 4 rings (SSSR count). The Balaban J connectivity index is 1.52. The SMILES string of the molecule is CC(=O)O[C@H]1CC[C@@]2(C)[C@H](C1)C(Br)C(Br)[C@@H]1[C@@H]2CC[C@]2(C)[C@@H]([C@H](C)CCCC(C)C)CC[C@@H]12. The topological polar surface area (TPSA) is 26.3 Å². The molecule has 0 heterocycles. The molecule has 0 spiro atoms. The zero-order chi connectivity index (χ0) is 24.1. The third-order valence-corrected chi connectivity index (χ3v) is 14.2. The minimum atomic E-state index is -0.119. The minimum Gasteiger partial charge on any atom is -0.463 e. The average molecular weight is 589 g/mol. The second-order valence-electron chi connectivity index (χ2n) is 13.3. The van der Waals surface area contributed by atoms with Crippen LogP contribution in [0.25, 0.3) is 0 Å². The van der Waals surface area contributed by atoms with Gasteiger partial charge in [0.1, 0.15) is 6.10 Å². The van der Waals surface area contributed by atoms with Gasteiger partial charge in [-0.3, -0.25) is 4.79 Å². The summed E-state index contributed by atoms with van der Waals surface area (Å²) in [4.78, 5) is 12.6. The third-order valence-electron chi connectivity index (χ3n) is 11.1. The summed E-state index contributed by atoms with van der Waals surface area (Å²) in [5.74, 6) is 5.46. The van der Waals surface area contributed by atoms with E-state index < -0.39 is 0 Å². The molecule has 2 unspecified atom stereocenters. The molecule has 0 aromatic rings. The molecule has 0 amide bonds. The van der Waals surface area contributed by atoms with E-state index in [2.05, 4.69) is 66.5 Å². The van der Waals surface area contributed by atoms with E-state index in [0.29, 0.717) is 26.4 Å². The fraction of sp³-hybridized carbons (Fsp3) is 0.966. The molecule has 0 aliphatic heterocycles. The molecular formula is C29H48Br2O2. The monoisotopic (exact) mass is 586 g/mol. The summed E-state index contributed by atoms with van der Waals surface area (Å²) in [6, 6.07) is 0. The lowest BCUT2D eigenvalue weighted by Gasteiger charge is -2.64. The first-order valence-electron chi connectivity index (χ1n) is 13.9. The number of rotatable bonds is 6. The van der Waals surface area contributed by atoms with Crippen molar-refractivity contribution in [1.29, 1.82) is 0 Å². The van der Waals surface area contributed by atoms with Gasteiger partial charge in [-0.15, -0.1) is 0 Å². The summed E-state index contributed by atoms with van der Waals surface area (Å²) < 4.78 is 5.70. The Morgan fingerprint density at radius 2 is 1.58 bits per heavy atom. The van der Waals surface area contributed by atoms with Crippen molar-refractivity contribution in [3.8, 4) is 0 Å². The number of carbonyl (C=O) groups excluding carboxylic acids is 1. The number of hydrogen-bond donors (Lipinski definition) is 0. The predicted octanol–water partition coefficient (Wildman–Crippen LogP) is 8.79. The van der Waals surface area contributed by atoms with Crippen LogP contribution in [0, 0.1) is 52.3 Å². The first-order valence-corrected chi connectivity index (χ1v) is 15.8. The van der Waals surface area contributed by atoms with Gasteiger partial charge in [-0.1, -0.05) is 85.7 Å². The van der Waals surface area contributed by atoms with Crippen LogP contribution in [0.1, 0.15) is 106 Å². The molecule has 2 nitrogen and oxygen atoms in total. The van der Waals surface area contributed by atoms with Gasteiger partial charge in [0.2, 0.25) is 0 Å². The van der Waals surface area contributed by atoms with E-state index >= 15 is 0 Å². The second-order valence-corrected chi connectivity index (χ2v) is 15.4. The van der Waals surface area contributed by atoms with Crippen LogP contribution in [0.2, 0.25) is 0 Å². The predicted molar refractivity (Wildman–Crippen MR) is 145 cm³/mol. The smallest absolute Gasteiger partial charge is 0.302 e. The molecule has 11 atom stereocenters. The summed E-state index contributed by atoms with van der Waals surface area (Å²) in [6.07, 6.45) is 13.2. The Morgan fingerprint density at radius 1 is 0.909 bits per heavy atom. The van der Waals surface area contributed by atoms with Gasteiger partial charge < -0.3 is 4.74 Å². The standard InChI is InChI=1S/C29H48Br2O2/c1-17(2)8-7-9-18(3)21-10-11-22-25-23(13-15-28(21,22)5)29(6)14-12-20(33-19(4)32)16-24(29)26(30)27(25)31/h17-18,20-27H,7-16H2,1-6H3/t18-,20+,21-,22+,23+,24-,25+,26?,27?,28-,29-/m1/s1. The summed E-state index contributed by atoms with van der Waals surface area (Å²) in [6.45, 7) is 14.1. The van der Waals surface area contributed by atoms with Gasteiger partial charge in [0.25, 0.3) is 0 Å². The zero-order valence-corrected chi connectivity index (χ0v) is 25.1. The zero-order valence-electron chi connectivity index (χ0n) is 21.9. The van der Waals surface area contributed by atoms with Crippen molar-refractivity contribution >= 4 is 37.8 Å². The van der Waals surface area contributed by atoms with Crippen molar-refractivity contribution in [3.05, 3.63) is 0 Å². The minimum absolute atomic E-state index is 0.105. The summed E-state index contributed by atoms with van der Waals surface area (Å²) in [5, 5.41) is 0. The fourth-order valence-electron chi connectivity index (χ4n) is 9.49. The van der Waals surface area contributed by atoms with Crippen molar-refractivity contribution in [1.82, 2.24) is 0 Å². The first kappa shape index (κ1) is 26.5. The first-order chi connectivity index (χ1) is 15.5. The molecule has 33 heavy (non-hydrogen) atoms. The molecule has 0 saturated heterocycles. The van der Waals surface area contributed by atoms with Crippen LogP contribution in [0.3, 0.4) is 0 Å². The van der Waals surface area contributed by atoms with Crippen LogP contribution in [0.5, 0.6) is 0 Å². The maximum atomic E-state index is 11.6. The molecule has 4 aliphatic rings. The van der Waals surface area contributed by atoms with Gasteiger partial charge in [0, 0.05) is 16.6 Å². The van der Waals surface area contributed by atoms with Crippen LogP contribution in [0.15, 0.2) is 0 Å². The molecule has 4 heteroatoms. The molecular weight excluding hydrogens is 540 g/mol.